The molecular formula is C14H18ClNO. The topological polar surface area (TPSA) is 21.3 Å². The van der Waals surface area contributed by atoms with Gasteiger partial charge in [-0.05, 0) is 30.9 Å². The minimum absolute atomic E-state index is 0.194. The van der Waals surface area contributed by atoms with E-state index in [1.807, 2.05) is 6.07 Å². The van der Waals surface area contributed by atoms with Crippen LogP contribution < -0.4 is 10.1 Å². The molecule has 1 unspecified atom stereocenters. The van der Waals surface area contributed by atoms with Gasteiger partial charge < -0.3 is 10.1 Å². The smallest absolute Gasteiger partial charge is 0.123 e. The molecule has 0 bridgehead atoms. The van der Waals surface area contributed by atoms with Crippen molar-refractivity contribution < 1.29 is 4.74 Å². The molecule has 1 heterocycles. The first kappa shape index (κ1) is 11.4. The van der Waals surface area contributed by atoms with Gasteiger partial charge in [0.2, 0.25) is 0 Å². The number of hydrogen-bond donors (Lipinski definition) is 1. The highest BCUT2D eigenvalue weighted by molar-refractivity contribution is 6.18. The molecule has 1 aliphatic carbocycles. The molecule has 0 aromatic heterocycles. The van der Waals surface area contributed by atoms with Crippen molar-refractivity contribution in [3.05, 3.63) is 29.8 Å². The Kier molecular flexibility index (Phi) is 3.01. The zero-order chi connectivity index (χ0) is 11.7. The standard InChI is InChI=1S/C14H18ClNO/c15-10-14(6-3-7-14)16-9-12-8-11-4-1-2-5-13(11)17-12/h1-2,4-5,12,16H,3,6-10H2. The van der Waals surface area contributed by atoms with Gasteiger partial charge in [-0.15, -0.1) is 11.6 Å². The van der Waals surface area contributed by atoms with E-state index in [9.17, 15) is 0 Å². The Bertz CT molecular complexity index is 372. The molecule has 17 heavy (non-hydrogen) atoms. The molecule has 1 aliphatic heterocycles. The fraction of sp³-hybridized carbons (Fsp3) is 0.571. The van der Waals surface area contributed by atoms with Crippen molar-refractivity contribution in [2.75, 3.05) is 12.4 Å². The van der Waals surface area contributed by atoms with Gasteiger partial charge in [-0.2, -0.15) is 0 Å². The molecule has 3 heteroatoms. The molecule has 1 aromatic rings. The predicted octanol–water partition coefficient (Wildman–Crippen LogP) is 2.74. The zero-order valence-corrected chi connectivity index (χ0v) is 10.7. The van der Waals surface area contributed by atoms with Crippen LogP contribution in [0.3, 0.4) is 0 Å². The third kappa shape index (κ3) is 2.16. The lowest BCUT2D eigenvalue weighted by atomic mass is 9.78. The molecule has 0 saturated heterocycles. The molecule has 0 radical (unpaired) electrons. The van der Waals surface area contributed by atoms with Crippen molar-refractivity contribution in [1.82, 2.24) is 5.32 Å². The maximum atomic E-state index is 6.03. The second kappa shape index (κ2) is 4.51. The second-order valence-electron chi connectivity index (χ2n) is 5.20. The van der Waals surface area contributed by atoms with Gasteiger partial charge >= 0.3 is 0 Å². The summed E-state index contributed by atoms with van der Waals surface area (Å²) in [6.45, 7) is 0.904. The van der Waals surface area contributed by atoms with Crippen LogP contribution in [0, 0.1) is 0 Å². The molecule has 0 spiro atoms. The Morgan fingerprint density at radius 2 is 2.18 bits per heavy atom. The first-order valence-corrected chi connectivity index (χ1v) is 6.90. The van der Waals surface area contributed by atoms with E-state index in [4.69, 9.17) is 16.3 Å². The number of hydrogen-bond acceptors (Lipinski definition) is 2. The van der Waals surface area contributed by atoms with Crippen LogP contribution in [0.2, 0.25) is 0 Å². The second-order valence-corrected chi connectivity index (χ2v) is 5.47. The van der Waals surface area contributed by atoms with Gasteiger partial charge in [0.05, 0.1) is 0 Å². The van der Waals surface area contributed by atoms with E-state index in [0.29, 0.717) is 5.88 Å². The van der Waals surface area contributed by atoms with Gasteiger partial charge in [-0.1, -0.05) is 18.2 Å². The lowest BCUT2D eigenvalue weighted by Crippen LogP contribution is -2.55. The summed E-state index contributed by atoms with van der Waals surface area (Å²) in [6, 6.07) is 8.30. The summed E-state index contributed by atoms with van der Waals surface area (Å²) in [6.07, 6.45) is 4.99. The number of nitrogens with one attached hydrogen (secondary N) is 1. The molecule has 1 atom stereocenters. The number of fused-ring (bicyclic) bond motifs is 1. The van der Waals surface area contributed by atoms with Gasteiger partial charge in [0, 0.05) is 24.4 Å². The van der Waals surface area contributed by atoms with Crippen molar-refractivity contribution in [1.29, 1.82) is 0 Å². The van der Waals surface area contributed by atoms with Crippen molar-refractivity contribution in [3.8, 4) is 5.75 Å². The number of alkyl halides is 1. The number of para-hydroxylation sites is 1. The Morgan fingerprint density at radius 1 is 1.35 bits per heavy atom. The first-order chi connectivity index (χ1) is 8.31. The van der Waals surface area contributed by atoms with Crippen LogP contribution in [0.25, 0.3) is 0 Å². The lowest BCUT2D eigenvalue weighted by molar-refractivity contribution is 0.163. The van der Waals surface area contributed by atoms with Crippen molar-refractivity contribution in [2.45, 2.75) is 37.3 Å². The highest BCUT2D eigenvalue weighted by atomic mass is 35.5. The van der Waals surface area contributed by atoms with E-state index < -0.39 is 0 Å². The summed E-state index contributed by atoms with van der Waals surface area (Å²) in [7, 11) is 0. The van der Waals surface area contributed by atoms with Crippen molar-refractivity contribution in [2.24, 2.45) is 0 Å². The Balaban J connectivity index is 1.55. The van der Waals surface area contributed by atoms with Gasteiger partial charge in [0.1, 0.15) is 11.9 Å². The molecule has 1 N–H and O–H groups in total. The molecule has 1 saturated carbocycles. The number of rotatable bonds is 4. The largest absolute Gasteiger partial charge is 0.488 e. The third-order valence-electron chi connectivity index (χ3n) is 3.99. The Labute approximate surface area is 107 Å². The van der Waals surface area contributed by atoms with Gasteiger partial charge in [0.25, 0.3) is 0 Å². The average molecular weight is 252 g/mol. The van der Waals surface area contributed by atoms with Gasteiger partial charge in [0.15, 0.2) is 0 Å². The first-order valence-electron chi connectivity index (χ1n) is 6.37. The predicted molar refractivity (Wildman–Crippen MR) is 69.9 cm³/mol. The van der Waals surface area contributed by atoms with Crippen molar-refractivity contribution >= 4 is 11.6 Å². The van der Waals surface area contributed by atoms with E-state index >= 15 is 0 Å². The van der Waals surface area contributed by atoms with Crippen LogP contribution in [-0.2, 0) is 6.42 Å². The van der Waals surface area contributed by atoms with Crippen LogP contribution in [0.5, 0.6) is 5.75 Å². The number of benzene rings is 1. The Hall–Kier alpha value is -0.730. The minimum atomic E-state index is 0.194. The molecule has 1 fully saturated rings. The van der Waals surface area contributed by atoms with Crippen molar-refractivity contribution in [3.63, 3.8) is 0 Å². The molecule has 92 valence electrons. The van der Waals surface area contributed by atoms with Crippen LogP contribution >= 0.6 is 11.6 Å². The monoisotopic (exact) mass is 251 g/mol. The van der Waals surface area contributed by atoms with E-state index in [0.717, 1.165) is 18.7 Å². The highest BCUT2D eigenvalue weighted by Gasteiger charge is 2.36. The van der Waals surface area contributed by atoms with E-state index in [-0.39, 0.29) is 11.6 Å². The quantitative estimate of drug-likeness (QED) is 0.831. The van der Waals surface area contributed by atoms with Crippen LogP contribution in [0.1, 0.15) is 24.8 Å². The van der Waals surface area contributed by atoms with Gasteiger partial charge in [-0.25, -0.2) is 0 Å². The van der Waals surface area contributed by atoms with Gasteiger partial charge in [-0.3, -0.25) is 0 Å². The fourth-order valence-corrected chi connectivity index (χ4v) is 3.02. The lowest BCUT2D eigenvalue weighted by Gasteiger charge is -2.41. The summed E-state index contributed by atoms with van der Waals surface area (Å²) >= 11 is 6.03. The molecule has 3 rings (SSSR count). The SMILES string of the molecule is ClCC1(NCC2Cc3ccccc3O2)CCC1. The number of halogens is 1. The summed E-state index contributed by atoms with van der Waals surface area (Å²) in [5, 5.41) is 3.60. The van der Waals surface area contributed by atoms with E-state index in [1.165, 1.54) is 24.8 Å². The zero-order valence-electron chi connectivity index (χ0n) is 9.92. The van der Waals surface area contributed by atoms with Crippen LogP contribution in [-0.4, -0.2) is 24.1 Å². The highest BCUT2D eigenvalue weighted by Crippen LogP contribution is 2.33. The molecule has 2 nitrogen and oxygen atoms in total. The molecule has 1 aromatic carbocycles. The molecule has 0 amide bonds. The third-order valence-corrected chi connectivity index (χ3v) is 4.50. The fourth-order valence-electron chi connectivity index (χ4n) is 2.66. The normalized spacial score (nSPS) is 24.9. The summed E-state index contributed by atoms with van der Waals surface area (Å²) in [4.78, 5) is 0. The van der Waals surface area contributed by atoms with E-state index in [1.54, 1.807) is 0 Å². The minimum Gasteiger partial charge on any atom is -0.488 e. The number of ether oxygens (including phenoxy) is 1. The summed E-state index contributed by atoms with van der Waals surface area (Å²) in [5.74, 6) is 1.76. The molecular weight excluding hydrogens is 234 g/mol. The van der Waals surface area contributed by atoms with E-state index in [2.05, 4.69) is 23.5 Å². The maximum absolute atomic E-state index is 6.03. The van der Waals surface area contributed by atoms with Crippen LogP contribution in [0.15, 0.2) is 24.3 Å². The summed E-state index contributed by atoms with van der Waals surface area (Å²) in [5.41, 5.74) is 1.52. The van der Waals surface area contributed by atoms with Crippen LogP contribution in [0.4, 0.5) is 0 Å². The summed E-state index contributed by atoms with van der Waals surface area (Å²) < 4.78 is 5.91. The maximum Gasteiger partial charge on any atom is 0.123 e. The average Bonchev–Trinajstić information content (AvgIpc) is 2.71. The Morgan fingerprint density at radius 3 is 2.82 bits per heavy atom. The molecule has 2 aliphatic rings.